The molecule has 1 aliphatic rings. The third kappa shape index (κ3) is 5.84. The van der Waals surface area contributed by atoms with E-state index in [2.05, 4.69) is 15.4 Å². The van der Waals surface area contributed by atoms with Crippen LogP contribution in [0.5, 0.6) is 11.5 Å². The summed E-state index contributed by atoms with van der Waals surface area (Å²) in [6.07, 6.45) is 0.818. The molecule has 5 nitrogen and oxygen atoms in total. The fraction of sp³-hybridized carbons (Fsp3) is 0.533. The molecule has 23 heavy (non-hydrogen) atoms. The van der Waals surface area contributed by atoms with Crippen LogP contribution >= 0.6 is 12.4 Å². The van der Waals surface area contributed by atoms with E-state index in [1.54, 1.807) is 12.1 Å². The van der Waals surface area contributed by atoms with Crippen molar-refractivity contribution in [3.05, 3.63) is 23.8 Å². The number of rotatable bonds is 8. The van der Waals surface area contributed by atoms with E-state index in [-0.39, 0.29) is 36.5 Å². The average Bonchev–Trinajstić information content (AvgIpc) is 2.41. The van der Waals surface area contributed by atoms with Crippen molar-refractivity contribution < 1.29 is 23.0 Å². The second-order valence-corrected chi connectivity index (χ2v) is 5.07. The smallest absolute Gasteiger partial charge is 0.387 e. The molecular formula is C15H21ClF2N2O3. The Morgan fingerprint density at radius 2 is 2.17 bits per heavy atom. The van der Waals surface area contributed by atoms with Crippen molar-refractivity contribution in [3.8, 4) is 11.5 Å². The van der Waals surface area contributed by atoms with Gasteiger partial charge in [-0.25, -0.2) is 0 Å². The Labute approximate surface area is 140 Å². The molecule has 0 aliphatic carbocycles. The molecule has 1 amide bonds. The Kier molecular flexibility index (Phi) is 8.05. The second-order valence-electron chi connectivity index (χ2n) is 5.07. The molecule has 1 aromatic carbocycles. The van der Waals surface area contributed by atoms with Crippen molar-refractivity contribution in [2.24, 2.45) is 5.92 Å². The zero-order valence-corrected chi connectivity index (χ0v) is 13.6. The van der Waals surface area contributed by atoms with E-state index in [4.69, 9.17) is 4.74 Å². The van der Waals surface area contributed by atoms with Gasteiger partial charge in [-0.05, 0) is 18.6 Å². The minimum atomic E-state index is -2.92. The molecule has 0 unspecified atom stereocenters. The molecule has 8 heteroatoms. The van der Waals surface area contributed by atoms with Gasteiger partial charge in [0.15, 0.2) is 0 Å². The van der Waals surface area contributed by atoms with Crippen molar-refractivity contribution in [1.29, 1.82) is 0 Å². The first-order valence-corrected chi connectivity index (χ1v) is 7.29. The summed E-state index contributed by atoms with van der Waals surface area (Å²) in [5, 5.41) is 5.74. The van der Waals surface area contributed by atoms with Crippen LogP contribution in [0.15, 0.2) is 18.2 Å². The fourth-order valence-electron chi connectivity index (χ4n) is 2.00. The molecule has 0 radical (unpaired) electrons. The Bertz CT molecular complexity index is 513. The number of carbonyl (C=O) groups is 1. The fourth-order valence-corrected chi connectivity index (χ4v) is 2.00. The Balaban J connectivity index is 0.00000264. The highest BCUT2D eigenvalue weighted by molar-refractivity contribution is 5.85. The topological polar surface area (TPSA) is 59.6 Å². The van der Waals surface area contributed by atoms with Gasteiger partial charge in [-0.3, -0.25) is 4.79 Å². The molecule has 1 saturated heterocycles. The van der Waals surface area contributed by atoms with Gasteiger partial charge < -0.3 is 20.1 Å². The van der Waals surface area contributed by atoms with Crippen LogP contribution < -0.4 is 20.1 Å². The van der Waals surface area contributed by atoms with Gasteiger partial charge in [0.25, 0.3) is 0 Å². The van der Waals surface area contributed by atoms with Gasteiger partial charge in [0.2, 0.25) is 5.91 Å². The molecule has 1 aliphatic heterocycles. The molecule has 0 atom stereocenters. The van der Waals surface area contributed by atoms with Gasteiger partial charge in [0.05, 0.1) is 12.5 Å². The standard InChI is InChI=1S/C15H20F2N2O3.ClH/c1-2-5-21-12-4-3-10(13(6-12)22-15(16)17)9-19-14(20)11-7-18-8-11;/h3-4,6,11,15,18H,2,5,7-9H2,1H3,(H,19,20);1H. The van der Waals surface area contributed by atoms with Gasteiger partial charge in [-0.1, -0.05) is 6.92 Å². The van der Waals surface area contributed by atoms with E-state index in [1.807, 2.05) is 6.92 Å². The van der Waals surface area contributed by atoms with Crippen molar-refractivity contribution in [2.45, 2.75) is 26.5 Å². The first-order valence-electron chi connectivity index (χ1n) is 7.29. The van der Waals surface area contributed by atoms with E-state index in [1.165, 1.54) is 6.07 Å². The summed E-state index contributed by atoms with van der Waals surface area (Å²) in [6.45, 7) is 0.971. The summed E-state index contributed by atoms with van der Waals surface area (Å²) in [5.74, 6) is 0.353. The molecule has 2 N–H and O–H groups in total. The van der Waals surface area contributed by atoms with E-state index in [0.717, 1.165) is 6.42 Å². The van der Waals surface area contributed by atoms with Gasteiger partial charge in [0, 0.05) is 31.3 Å². The first-order chi connectivity index (χ1) is 10.6. The molecule has 2 rings (SSSR count). The number of hydrogen-bond donors (Lipinski definition) is 2. The van der Waals surface area contributed by atoms with Crippen LogP contribution in [0.3, 0.4) is 0 Å². The lowest BCUT2D eigenvalue weighted by atomic mass is 10.0. The molecule has 130 valence electrons. The van der Waals surface area contributed by atoms with Crippen LogP contribution in [-0.2, 0) is 11.3 Å². The first kappa shape index (κ1) is 19.4. The third-order valence-electron chi connectivity index (χ3n) is 3.33. The summed E-state index contributed by atoms with van der Waals surface area (Å²) in [5.41, 5.74) is 0.491. The zero-order valence-electron chi connectivity index (χ0n) is 12.8. The van der Waals surface area contributed by atoms with Crippen molar-refractivity contribution >= 4 is 18.3 Å². The molecule has 0 aromatic heterocycles. The van der Waals surface area contributed by atoms with Crippen molar-refractivity contribution in [3.63, 3.8) is 0 Å². The quantitative estimate of drug-likeness (QED) is 0.755. The number of amides is 1. The van der Waals surface area contributed by atoms with Gasteiger partial charge in [0.1, 0.15) is 11.5 Å². The minimum absolute atomic E-state index is 0. The zero-order chi connectivity index (χ0) is 15.9. The maximum atomic E-state index is 12.5. The SMILES string of the molecule is CCCOc1ccc(CNC(=O)C2CNC2)c(OC(F)F)c1.Cl. The summed E-state index contributed by atoms with van der Waals surface area (Å²) in [6, 6.07) is 4.73. The van der Waals surface area contributed by atoms with Gasteiger partial charge >= 0.3 is 6.61 Å². The highest BCUT2D eigenvalue weighted by Gasteiger charge is 2.24. The lowest BCUT2D eigenvalue weighted by Crippen LogP contribution is -2.50. The number of hydrogen-bond acceptors (Lipinski definition) is 4. The summed E-state index contributed by atoms with van der Waals surface area (Å²) in [4.78, 5) is 11.8. The van der Waals surface area contributed by atoms with Crippen LogP contribution in [0.2, 0.25) is 0 Å². The Morgan fingerprint density at radius 1 is 1.43 bits per heavy atom. The largest absolute Gasteiger partial charge is 0.493 e. The normalized spacial score (nSPS) is 13.9. The number of alkyl halides is 2. The van der Waals surface area contributed by atoms with Crippen LogP contribution in [0.4, 0.5) is 8.78 Å². The van der Waals surface area contributed by atoms with Crippen LogP contribution in [-0.4, -0.2) is 32.2 Å². The maximum Gasteiger partial charge on any atom is 0.387 e. The Morgan fingerprint density at radius 3 is 2.74 bits per heavy atom. The lowest BCUT2D eigenvalue weighted by molar-refractivity contribution is -0.126. The predicted molar refractivity (Wildman–Crippen MR) is 84.3 cm³/mol. The van der Waals surface area contributed by atoms with E-state index >= 15 is 0 Å². The Hall–Kier alpha value is -1.60. The van der Waals surface area contributed by atoms with Gasteiger partial charge in [-0.2, -0.15) is 8.78 Å². The van der Waals surface area contributed by atoms with E-state index in [9.17, 15) is 13.6 Å². The molecule has 1 aromatic rings. The molecule has 0 spiro atoms. The van der Waals surface area contributed by atoms with Crippen molar-refractivity contribution in [2.75, 3.05) is 19.7 Å². The minimum Gasteiger partial charge on any atom is -0.493 e. The predicted octanol–water partition coefficient (Wildman–Crippen LogP) is 2.33. The summed E-state index contributed by atoms with van der Waals surface area (Å²) >= 11 is 0. The lowest BCUT2D eigenvalue weighted by Gasteiger charge is -2.26. The average molecular weight is 351 g/mol. The summed E-state index contributed by atoms with van der Waals surface area (Å²) in [7, 11) is 0. The highest BCUT2D eigenvalue weighted by atomic mass is 35.5. The van der Waals surface area contributed by atoms with Crippen LogP contribution in [0.25, 0.3) is 0 Å². The number of benzene rings is 1. The monoisotopic (exact) mass is 350 g/mol. The van der Waals surface area contributed by atoms with Crippen LogP contribution in [0.1, 0.15) is 18.9 Å². The number of ether oxygens (including phenoxy) is 2. The van der Waals surface area contributed by atoms with E-state index in [0.29, 0.717) is 31.0 Å². The van der Waals surface area contributed by atoms with Gasteiger partial charge in [-0.15, -0.1) is 12.4 Å². The maximum absolute atomic E-state index is 12.5. The number of nitrogens with one attached hydrogen (secondary N) is 2. The highest BCUT2D eigenvalue weighted by Crippen LogP contribution is 2.26. The molecule has 0 bridgehead atoms. The molecule has 1 heterocycles. The second kappa shape index (κ2) is 9.52. The number of carbonyl (C=O) groups excluding carboxylic acids is 1. The van der Waals surface area contributed by atoms with Crippen LogP contribution in [0, 0.1) is 5.92 Å². The molecular weight excluding hydrogens is 330 g/mol. The number of halogens is 3. The molecule has 0 saturated carbocycles. The van der Waals surface area contributed by atoms with E-state index < -0.39 is 6.61 Å². The van der Waals surface area contributed by atoms with Crippen molar-refractivity contribution in [1.82, 2.24) is 10.6 Å². The summed E-state index contributed by atoms with van der Waals surface area (Å²) < 4.78 is 35.0. The molecule has 1 fully saturated rings. The third-order valence-corrected chi connectivity index (χ3v) is 3.33.